The molecule has 0 aliphatic carbocycles. The number of hydrogen-bond donors (Lipinski definition) is 0. The van der Waals surface area contributed by atoms with Crippen LogP contribution in [-0.2, 0) is 14.0 Å². The van der Waals surface area contributed by atoms with Gasteiger partial charge in [0.2, 0.25) is 8.32 Å². The van der Waals surface area contributed by atoms with Gasteiger partial charge in [0.15, 0.2) is 0 Å². The van der Waals surface area contributed by atoms with Crippen LogP contribution in [0.3, 0.4) is 0 Å². The van der Waals surface area contributed by atoms with Gasteiger partial charge in [-0.3, -0.25) is 0 Å². The molecule has 0 unspecified atom stereocenters. The zero-order valence-electron chi connectivity index (χ0n) is 11.3. The van der Waals surface area contributed by atoms with E-state index in [0.29, 0.717) is 6.61 Å². The summed E-state index contributed by atoms with van der Waals surface area (Å²) in [4.78, 5) is 11.7. The van der Waals surface area contributed by atoms with Crippen LogP contribution >= 0.6 is 0 Å². The van der Waals surface area contributed by atoms with Gasteiger partial charge < -0.3 is 9.16 Å². The lowest BCUT2D eigenvalue weighted by Gasteiger charge is -2.17. The van der Waals surface area contributed by atoms with Gasteiger partial charge >= 0.3 is 5.97 Å². The Balaban J connectivity index is 4.54. The van der Waals surface area contributed by atoms with Gasteiger partial charge in [-0.15, -0.1) is 0 Å². The van der Waals surface area contributed by atoms with Gasteiger partial charge in [0.05, 0.1) is 26.9 Å². The Morgan fingerprint density at radius 2 is 1.88 bits per heavy atom. The molecule has 0 aliphatic rings. The summed E-state index contributed by atoms with van der Waals surface area (Å²) in [6.45, 7) is 13.0. The third-order valence-electron chi connectivity index (χ3n) is 1.83. The average Bonchev–Trinajstić information content (AvgIpc) is 2.12. The van der Waals surface area contributed by atoms with Gasteiger partial charge in [-0.25, -0.2) is 4.79 Å². The van der Waals surface area contributed by atoms with Crippen molar-refractivity contribution in [1.29, 1.82) is 0 Å². The molecule has 0 aromatic rings. The number of rotatable bonds is 6. The molecule has 0 aromatic heterocycles. The van der Waals surface area contributed by atoms with Crippen LogP contribution in [0.5, 0.6) is 0 Å². The normalized spacial score (nSPS) is 12.8. The van der Waals surface area contributed by atoms with E-state index in [0.717, 1.165) is 11.6 Å². The molecular formula is C11H24O3Si2. The first-order valence-electron chi connectivity index (χ1n) is 5.83. The lowest BCUT2D eigenvalue weighted by molar-refractivity contribution is -0.138. The highest BCUT2D eigenvalue weighted by Gasteiger charge is 2.19. The summed E-state index contributed by atoms with van der Waals surface area (Å²) in [6, 6.07) is 0. The zero-order chi connectivity index (χ0) is 12.8. The van der Waals surface area contributed by atoms with Crippen molar-refractivity contribution in [3.05, 3.63) is 11.5 Å². The van der Waals surface area contributed by atoms with Gasteiger partial charge in [0.25, 0.3) is 0 Å². The van der Waals surface area contributed by atoms with Gasteiger partial charge in [-0.1, -0.05) is 20.0 Å². The summed E-state index contributed by atoms with van der Waals surface area (Å²) >= 11 is 0. The van der Waals surface area contributed by atoms with Crippen molar-refractivity contribution >= 4 is 23.1 Å². The van der Waals surface area contributed by atoms with Crippen molar-refractivity contribution in [2.75, 3.05) is 6.61 Å². The highest BCUT2D eigenvalue weighted by molar-refractivity contribution is 6.71. The predicted octanol–water partition coefficient (Wildman–Crippen LogP) is 2.70. The van der Waals surface area contributed by atoms with Crippen LogP contribution in [0.4, 0.5) is 0 Å². The van der Waals surface area contributed by atoms with Crippen LogP contribution in [-0.4, -0.2) is 29.7 Å². The molecule has 94 valence electrons. The van der Waals surface area contributed by atoms with Crippen LogP contribution < -0.4 is 0 Å². The largest absolute Gasteiger partial charge is 0.550 e. The average molecular weight is 260 g/mol. The van der Waals surface area contributed by atoms with E-state index in [1.807, 2.05) is 6.92 Å². The fraction of sp³-hybridized carbons (Fsp3) is 0.727. The van der Waals surface area contributed by atoms with E-state index in [1.54, 1.807) is 6.26 Å². The molecule has 16 heavy (non-hydrogen) atoms. The standard InChI is InChI=1S/C11H24O3Si2/c1-7-8-13-11(12)10(15(2)3)9-14-16(4,5)6/h9,15H,7-8H2,1-6H3. The van der Waals surface area contributed by atoms with Crippen molar-refractivity contribution in [1.82, 2.24) is 0 Å². The van der Waals surface area contributed by atoms with Gasteiger partial charge in [0, 0.05) is 0 Å². The molecule has 5 heteroatoms. The minimum atomic E-state index is -1.60. The van der Waals surface area contributed by atoms with Crippen molar-refractivity contribution in [3.63, 3.8) is 0 Å². The smallest absolute Gasteiger partial charge is 0.332 e. The first-order valence-corrected chi connectivity index (χ1v) is 12.1. The topological polar surface area (TPSA) is 35.5 Å². The van der Waals surface area contributed by atoms with E-state index in [-0.39, 0.29) is 5.97 Å². The fourth-order valence-electron chi connectivity index (χ4n) is 0.938. The van der Waals surface area contributed by atoms with Crippen LogP contribution in [0.2, 0.25) is 32.7 Å². The molecule has 0 rings (SSSR count). The molecule has 0 saturated heterocycles. The maximum Gasteiger partial charge on any atom is 0.332 e. The first kappa shape index (κ1) is 15.4. The Labute approximate surface area is 102 Å². The molecule has 0 spiro atoms. The first-order chi connectivity index (χ1) is 7.28. The molecule has 0 N–H and O–H groups in total. The third kappa shape index (κ3) is 6.84. The molecule has 0 fully saturated rings. The highest BCUT2D eigenvalue weighted by atomic mass is 28.4. The summed E-state index contributed by atoms with van der Waals surface area (Å²) in [6.07, 6.45) is 2.51. The second-order valence-electron chi connectivity index (χ2n) is 5.09. The molecule has 0 aliphatic heterocycles. The summed E-state index contributed by atoms with van der Waals surface area (Å²) in [5.74, 6) is -0.193. The fourth-order valence-corrected chi connectivity index (χ4v) is 2.45. The minimum Gasteiger partial charge on any atom is -0.550 e. The quantitative estimate of drug-likeness (QED) is 0.319. The number of carbonyl (C=O) groups excluding carboxylic acids is 1. The van der Waals surface area contributed by atoms with E-state index in [4.69, 9.17) is 9.16 Å². The summed E-state index contributed by atoms with van der Waals surface area (Å²) in [5.41, 5.74) is 0. The van der Waals surface area contributed by atoms with E-state index in [9.17, 15) is 4.79 Å². The number of ether oxygens (including phenoxy) is 1. The van der Waals surface area contributed by atoms with Crippen LogP contribution in [0.1, 0.15) is 13.3 Å². The van der Waals surface area contributed by atoms with Gasteiger partial charge in [-0.2, -0.15) is 0 Å². The van der Waals surface area contributed by atoms with Crippen LogP contribution in [0.15, 0.2) is 11.5 Å². The summed E-state index contributed by atoms with van der Waals surface area (Å²) in [5, 5.41) is 0.760. The molecule has 3 nitrogen and oxygen atoms in total. The third-order valence-corrected chi connectivity index (χ3v) is 4.28. The van der Waals surface area contributed by atoms with E-state index >= 15 is 0 Å². The second kappa shape index (κ2) is 6.90. The Morgan fingerprint density at radius 3 is 2.25 bits per heavy atom. The van der Waals surface area contributed by atoms with Crippen molar-refractivity contribution in [2.45, 2.75) is 46.1 Å². The SMILES string of the molecule is CCCOC(=O)C(=CO[Si](C)(C)C)[SiH](C)C. The Bertz CT molecular complexity index is 254. The van der Waals surface area contributed by atoms with E-state index < -0.39 is 17.1 Å². The summed E-state index contributed by atoms with van der Waals surface area (Å²) < 4.78 is 10.8. The van der Waals surface area contributed by atoms with Crippen molar-refractivity contribution < 1.29 is 14.0 Å². The molecule has 0 radical (unpaired) electrons. The second-order valence-corrected chi connectivity index (χ2v) is 12.5. The highest BCUT2D eigenvalue weighted by Crippen LogP contribution is 2.10. The van der Waals surface area contributed by atoms with Crippen molar-refractivity contribution in [3.8, 4) is 0 Å². The Morgan fingerprint density at radius 1 is 1.31 bits per heavy atom. The number of carbonyl (C=O) groups is 1. The van der Waals surface area contributed by atoms with E-state index in [2.05, 4.69) is 32.7 Å². The number of esters is 1. The predicted molar refractivity (Wildman–Crippen MR) is 72.6 cm³/mol. The minimum absolute atomic E-state index is 0.193. The monoisotopic (exact) mass is 260 g/mol. The maximum atomic E-state index is 11.7. The Hall–Kier alpha value is -0.556. The number of hydrogen-bond acceptors (Lipinski definition) is 3. The Kier molecular flexibility index (Phi) is 6.66. The lowest BCUT2D eigenvalue weighted by Crippen LogP contribution is -2.25. The molecule has 0 amide bonds. The van der Waals surface area contributed by atoms with Crippen LogP contribution in [0, 0.1) is 0 Å². The molecule has 0 bridgehead atoms. The van der Waals surface area contributed by atoms with Gasteiger partial charge in [0.1, 0.15) is 0 Å². The van der Waals surface area contributed by atoms with E-state index in [1.165, 1.54) is 0 Å². The lowest BCUT2D eigenvalue weighted by atomic mass is 10.5. The van der Waals surface area contributed by atoms with Crippen LogP contribution in [0.25, 0.3) is 0 Å². The molecule has 0 aromatic carbocycles. The van der Waals surface area contributed by atoms with Crippen molar-refractivity contribution in [2.24, 2.45) is 0 Å². The molecular weight excluding hydrogens is 236 g/mol. The molecule has 0 atom stereocenters. The zero-order valence-corrected chi connectivity index (χ0v) is 13.4. The summed E-state index contributed by atoms with van der Waals surface area (Å²) in [7, 11) is -2.80. The maximum absolute atomic E-state index is 11.7. The molecule has 0 heterocycles. The molecule has 0 saturated carbocycles. The van der Waals surface area contributed by atoms with Gasteiger partial charge in [-0.05, 0) is 26.1 Å².